The van der Waals surface area contributed by atoms with Crippen LogP contribution in [0.4, 0.5) is 5.69 Å². The molecule has 1 aromatic heterocycles. The minimum Gasteiger partial charge on any atom is -0.343 e. The monoisotopic (exact) mass is 323 g/mol. The van der Waals surface area contributed by atoms with Crippen molar-refractivity contribution in [3.8, 4) is 0 Å². The first-order valence-corrected chi connectivity index (χ1v) is 7.69. The second-order valence-corrected chi connectivity index (χ2v) is 5.66. The molecule has 0 bridgehead atoms. The molecule has 1 heterocycles. The minimum absolute atomic E-state index is 0.0804. The van der Waals surface area contributed by atoms with Crippen molar-refractivity contribution in [2.75, 3.05) is 11.9 Å². The van der Waals surface area contributed by atoms with E-state index in [0.29, 0.717) is 0 Å². The first-order valence-electron chi connectivity index (χ1n) is 7.69. The van der Waals surface area contributed by atoms with E-state index in [2.05, 4.69) is 15.6 Å². The van der Waals surface area contributed by atoms with E-state index >= 15 is 0 Å². The number of carbonyl (C=O) groups is 2. The van der Waals surface area contributed by atoms with E-state index in [1.165, 1.54) is 6.08 Å². The summed E-state index contributed by atoms with van der Waals surface area (Å²) in [5, 5.41) is 5.41. The summed E-state index contributed by atoms with van der Waals surface area (Å²) < 4.78 is 0. The van der Waals surface area contributed by atoms with Gasteiger partial charge in [0.1, 0.15) is 0 Å². The van der Waals surface area contributed by atoms with Crippen molar-refractivity contribution in [1.82, 2.24) is 10.3 Å². The highest BCUT2D eigenvalue weighted by atomic mass is 16.2. The van der Waals surface area contributed by atoms with Gasteiger partial charge in [0.05, 0.1) is 6.54 Å². The zero-order valence-electron chi connectivity index (χ0n) is 14.1. The van der Waals surface area contributed by atoms with Crippen molar-refractivity contribution in [2.45, 2.75) is 20.8 Å². The van der Waals surface area contributed by atoms with E-state index in [9.17, 15) is 9.59 Å². The van der Waals surface area contributed by atoms with E-state index < -0.39 is 0 Å². The molecule has 2 amide bonds. The minimum atomic E-state index is -0.327. The molecule has 0 fully saturated rings. The van der Waals surface area contributed by atoms with Crippen molar-refractivity contribution in [3.05, 3.63) is 65.0 Å². The number of benzene rings is 1. The fourth-order valence-corrected chi connectivity index (χ4v) is 2.43. The first-order chi connectivity index (χ1) is 11.5. The molecular formula is C19H21N3O2. The van der Waals surface area contributed by atoms with Crippen LogP contribution in [-0.2, 0) is 9.59 Å². The molecule has 0 aliphatic carbocycles. The SMILES string of the molecule is Cc1cc(C)c(NC(=O)CNC(=O)/C=C/c2cccnc2)c(C)c1. The lowest BCUT2D eigenvalue weighted by Crippen LogP contribution is -2.32. The molecule has 0 atom stereocenters. The van der Waals surface area contributed by atoms with Gasteiger partial charge in [-0.3, -0.25) is 14.6 Å². The number of anilines is 1. The van der Waals surface area contributed by atoms with Crippen molar-refractivity contribution in [1.29, 1.82) is 0 Å². The Morgan fingerprint density at radius 2 is 1.88 bits per heavy atom. The Labute approximate surface area is 141 Å². The topological polar surface area (TPSA) is 71.1 Å². The average molecular weight is 323 g/mol. The number of hydrogen-bond donors (Lipinski definition) is 2. The largest absolute Gasteiger partial charge is 0.343 e. The molecule has 0 unspecified atom stereocenters. The number of nitrogens with one attached hydrogen (secondary N) is 2. The maximum atomic E-state index is 12.0. The molecule has 0 aliphatic rings. The molecule has 24 heavy (non-hydrogen) atoms. The van der Waals surface area contributed by atoms with Crippen LogP contribution in [0.15, 0.2) is 42.7 Å². The quantitative estimate of drug-likeness (QED) is 0.831. The Morgan fingerprint density at radius 1 is 1.17 bits per heavy atom. The molecule has 0 radical (unpaired) electrons. The van der Waals surface area contributed by atoms with E-state index in [0.717, 1.165) is 27.9 Å². The Hall–Kier alpha value is -2.95. The number of pyridine rings is 1. The average Bonchev–Trinajstić information content (AvgIpc) is 2.55. The van der Waals surface area contributed by atoms with Gasteiger partial charge in [0.25, 0.3) is 0 Å². The first kappa shape index (κ1) is 17.4. The molecule has 5 heteroatoms. The predicted octanol–water partition coefficient (Wildman–Crippen LogP) is 2.77. The van der Waals surface area contributed by atoms with Gasteiger partial charge in [-0.1, -0.05) is 23.8 Å². The maximum absolute atomic E-state index is 12.0. The molecule has 0 spiro atoms. The van der Waals surface area contributed by atoms with Crippen LogP contribution in [0.1, 0.15) is 22.3 Å². The van der Waals surface area contributed by atoms with E-state index in [1.54, 1.807) is 24.5 Å². The van der Waals surface area contributed by atoms with Crippen LogP contribution in [-0.4, -0.2) is 23.3 Å². The second kappa shape index (κ2) is 8.06. The third kappa shape index (κ3) is 5.05. The standard InChI is InChI=1S/C19H21N3O2/c1-13-9-14(2)19(15(3)10-13)22-18(24)12-21-17(23)7-6-16-5-4-8-20-11-16/h4-11H,12H2,1-3H3,(H,21,23)(H,22,24)/b7-6+. The number of hydrogen-bond acceptors (Lipinski definition) is 3. The molecule has 2 aromatic rings. The Bertz CT molecular complexity index is 744. The van der Waals surface area contributed by atoms with Crippen LogP contribution in [0.2, 0.25) is 0 Å². The zero-order valence-corrected chi connectivity index (χ0v) is 14.1. The fourth-order valence-electron chi connectivity index (χ4n) is 2.43. The highest BCUT2D eigenvalue weighted by Crippen LogP contribution is 2.21. The number of aryl methyl sites for hydroxylation is 3. The Kier molecular flexibility index (Phi) is 5.84. The molecule has 1 aromatic carbocycles. The summed E-state index contributed by atoms with van der Waals surface area (Å²) in [4.78, 5) is 27.7. The van der Waals surface area contributed by atoms with Crippen LogP contribution < -0.4 is 10.6 Å². The normalized spacial score (nSPS) is 10.6. The Morgan fingerprint density at radius 3 is 2.50 bits per heavy atom. The van der Waals surface area contributed by atoms with Crippen molar-refractivity contribution in [2.24, 2.45) is 0 Å². The number of carbonyl (C=O) groups excluding carboxylic acids is 2. The molecule has 0 saturated heterocycles. The van der Waals surface area contributed by atoms with E-state index in [1.807, 2.05) is 39.0 Å². The second-order valence-electron chi connectivity index (χ2n) is 5.66. The van der Waals surface area contributed by atoms with Gasteiger partial charge in [-0.15, -0.1) is 0 Å². The van der Waals surface area contributed by atoms with Gasteiger partial charge in [-0.2, -0.15) is 0 Å². The summed E-state index contributed by atoms with van der Waals surface area (Å²) in [6.45, 7) is 5.83. The molecule has 0 aliphatic heterocycles. The lowest BCUT2D eigenvalue weighted by Gasteiger charge is -2.13. The number of rotatable bonds is 5. The van der Waals surface area contributed by atoms with Crippen molar-refractivity contribution in [3.63, 3.8) is 0 Å². The van der Waals surface area contributed by atoms with E-state index in [-0.39, 0.29) is 18.4 Å². The fraction of sp³-hybridized carbons (Fsp3) is 0.211. The van der Waals surface area contributed by atoms with Crippen LogP contribution in [0.25, 0.3) is 6.08 Å². The number of aromatic nitrogens is 1. The van der Waals surface area contributed by atoms with Gasteiger partial charge < -0.3 is 10.6 Å². The van der Waals surface area contributed by atoms with E-state index in [4.69, 9.17) is 0 Å². The zero-order chi connectivity index (χ0) is 17.5. The van der Waals surface area contributed by atoms with Gasteiger partial charge in [0.15, 0.2) is 0 Å². The Balaban J connectivity index is 1.87. The molecule has 0 saturated carbocycles. The summed E-state index contributed by atoms with van der Waals surface area (Å²) in [6, 6.07) is 7.65. The van der Waals surface area contributed by atoms with Crippen LogP contribution >= 0.6 is 0 Å². The van der Waals surface area contributed by atoms with Crippen LogP contribution in [0.3, 0.4) is 0 Å². The molecular weight excluding hydrogens is 302 g/mol. The maximum Gasteiger partial charge on any atom is 0.244 e. The summed E-state index contributed by atoms with van der Waals surface area (Å²) in [7, 11) is 0. The van der Waals surface area contributed by atoms with Crippen molar-refractivity contribution < 1.29 is 9.59 Å². The number of nitrogens with zero attached hydrogens (tertiary/aromatic N) is 1. The van der Waals surface area contributed by atoms with Gasteiger partial charge in [-0.05, 0) is 49.6 Å². The smallest absolute Gasteiger partial charge is 0.244 e. The number of amides is 2. The lowest BCUT2D eigenvalue weighted by atomic mass is 10.1. The van der Waals surface area contributed by atoms with Crippen LogP contribution in [0.5, 0.6) is 0 Å². The van der Waals surface area contributed by atoms with Gasteiger partial charge in [0, 0.05) is 24.2 Å². The third-order valence-electron chi connectivity index (χ3n) is 3.48. The predicted molar refractivity (Wildman–Crippen MR) is 95.6 cm³/mol. The molecule has 5 nitrogen and oxygen atoms in total. The third-order valence-corrected chi connectivity index (χ3v) is 3.48. The molecule has 2 N–H and O–H groups in total. The highest BCUT2D eigenvalue weighted by Gasteiger charge is 2.08. The summed E-state index contributed by atoms with van der Waals surface area (Å²) >= 11 is 0. The lowest BCUT2D eigenvalue weighted by molar-refractivity contribution is -0.121. The summed E-state index contributed by atoms with van der Waals surface area (Å²) in [5.41, 5.74) is 4.78. The highest BCUT2D eigenvalue weighted by molar-refractivity contribution is 5.98. The van der Waals surface area contributed by atoms with Gasteiger partial charge in [-0.25, -0.2) is 0 Å². The molecule has 124 valence electrons. The molecule has 2 rings (SSSR count). The van der Waals surface area contributed by atoms with Gasteiger partial charge in [0.2, 0.25) is 11.8 Å². The summed E-state index contributed by atoms with van der Waals surface area (Å²) in [6.07, 6.45) is 6.34. The summed E-state index contributed by atoms with van der Waals surface area (Å²) in [5.74, 6) is -0.584. The van der Waals surface area contributed by atoms with Gasteiger partial charge >= 0.3 is 0 Å². The van der Waals surface area contributed by atoms with Crippen molar-refractivity contribution >= 4 is 23.6 Å². The van der Waals surface area contributed by atoms with Crippen LogP contribution in [0, 0.1) is 20.8 Å².